The lowest BCUT2D eigenvalue weighted by Gasteiger charge is -2.36. The lowest BCUT2D eigenvalue weighted by Crippen LogP contribution is -2.45. The van der Waals surface area contributed by atoms with Crippen LogP contribution >= 0.6 is 24.8 Å². The van der Waals surface area contributed by atoms with Crippen LogP contribution in [-0.2, 0) is 6.18 Å². The van der Waals surface area contributed by atoms with Crippen molar-refractivity contribution in [3.05, 3.63) is 29.3 Å². The lowest BCUT2D eigenvalue weighted by atomic mass is 9.94. The molecule has 0 spiro atoms. The maximum atomic E-state index is 13.0. The highest BCUT2D eigenvalue weighted by atomic mass is 35.5. The highest BCUT2D eigenvalue weighted by Crippen LogP contribution is 2.38. The van der Waals surface area contributed by atoms with Crippen molar-refractivity contribution in [2.75, 3.05) is 33.3 Å². The number of hydrogen-bond donors (Lipinski definition) is 1. The third kappa shape index (κ3) is 6.80. The van der Waals surface area contributed by atoms with Gasteiger partial charge >= 0.3 is 6.18 Å². The molecule has 0 aromatic heterocycles. The van der Waals surface area contributed by atoms with Gasteiger partial charge in [-0.05, 0) is 30.9 Å². The smallest absolute Gasteiger partial charge is 0.416 e. The Bertz CT molecular complexity index is 536. The molecule has 0 aliphatic carbocycles. The van der Waals surface area contributed by atoms with Crippen molar-refractivity contribution < 1.29 is 17.9 Å². The topological polar surface area (TPSA) is 24.5 Å². The summed E-state index contributed by atoms with van der Waals surface area (Å²) in [6.45, 7) is 7.93. The van der Waals surface area contributed by atoms with E-state index in [9.17, 15) is 13.2 Å². The molecule has 1 aliphatic rings. The van der Waals surface area contributed by atoms with Crippen molar-refractivity contribution in [2.24, 2.45) is 5.92 Å². The van der Waals surface area contributed by atoms with Crippen molar-refractivity contribution >= 4 is 24.8 Å². The zero-order valence-corrected chi connectivity index (χ0v) is 17.1. The van der Waals surface area contributed by atoms with Gasteiger partial charge in [0.15, 0.2) is 0 Å². The molecule has 3 nitrogen and oxygen atoms in total. The van der Waals surface area contributed by atoms with E-state index in [0.717, 1.165) is 50.7 Å². The van der Waals surface area contributed by atoms with Crippen molar-refractivity contribution in [1.82, 2.24) is 10.2 Å². The highest BCUT2D eigenvalue weighted by Gasteiger charge is 2.33. The molecule has 26 heavy (non-hydrogen) atoms. The van der Waals surface area contributed by atoms with E-state index < -0.39 is 11.7 Å². The van der Waals surface area contributed by atoms with Crippen LogP contribution in [0.1, 0.15) is 43.9 Å². The Morgan fingerprint density at radius 1 is 1.12 bits per heavy atom. The van der Waals surface area contributed by atoms with Crippen LogP contribution in [0.5, 0.6) is 5.75 Å². The number of rotatable bonds is 6. The first-order valence-electron chi connectivity index (χ1n) is 8.52. The Kier molecular flexibility index (Phi) is 10.9. The lowest BCUT2D eigenvalue weighted by molar-refractivity contribution is -0.137. The predicted octanol–water partition coefficient (Wildman–Crippen LogP) is 4.94. The van der Waals surface area contributed by atoms with Gasteiger partial charge < -0.3 is 10.1 Å². The molecule has 1 aromatic carbocycles. The predicted molar refractivity (Wildman–Crippen MR) is 104 cm³/mol. The van der Waals surface area contributed by atoms with Crippen molar-refractivity contribution in [3.8, 4) is 5.75 Å². The van der Waals surface area contributed by atoms with Crippen molar-refractivity contribution in [1.29, 1.82) is 0 Å². The number of alkyl halides is 3. The number of piperazine rings is 1. The molecule has 152 valence electrons. The molecule has 1 atom stereocenters. The molecule has 2 rings (SSSR count). The van der Waals surface area contributed by atoms with Gasteiger partial charge in [0, 0.05) is 37.8 Å². The van der Waals surface area contributed by atoms with E-state index in [-0.39, 0.29) is 30.9 Å². The second kappa shape index (κ2) is 11.2. The Hall–Kier alpha value is -0.690. The van der Waals surface area contributed by atoms with E-state index in [1.807, 2.05) is 0 Å². The highest BCUT2D eigenvalue weighted by molar-refractivity contribution is 5.85. The summed E-state index contributed by atoms with van der Waals surface area (Å²) in [6, 6.07) is 3.98. The third-order valence-electron chi connectivity index (χ3n) is 4.53. The van der Waals surface area contributed by atoms with Crippen LogP contribution in [0.25, 0.3) is 0 Å². The van der Waals surface area contributed by atoms with E-state index in [2.05, 4.69) is 24.1 Å². The fraction of sp³-hybridized carbons (Fsp3) is 0.667. The fourth-order valence-electron chi connectivity index (χ4n) is 3.18. The Morgan fingerprint density at radius 2 is 1.73 bits per heavy atom. The molecule has 0 unspecified atom stereocenters. The molecular formula is C18H29Cl2F3N2O. The molecule has 8 heteroatoms. The van der Waals surface area contributed by atoms with E-state index in [1.165, 1.54) is 13.2 Å². The monoisotopic (exact) mass is 416 g/mol. The number of hydrogen-bond acceptors (Lipinski definition) is 3. The summed E-state index contributed by atoms with van der Waals surface area (Å²) in [7, 11) is 1.44. The molecule has 1 aliphatic heterocycles. The molecule has 0 amide bonds. The van der Waals surface area contributed by atoms with Gasteiger partial charge in [0.2, 0.25) is 0 Å². The van der Waals surface area contributed by atoms with Gasteiger partial charge in [-0.3, -0.25) is 4.90 Å². The minimum atomic E-state index is -4.35. The summed E-state index contributed by atoms with van der Waals surface area (Å²) < 4.78 is 44.2. The summed E-state index contributed by atoms with van der Waals surface area (Å²) in [6.07, 6.45) is -2.41. The Labute approximate surface area is 166 Å². The Balaban J connectivity index is 0.00000312. The number of nitrogens with one attached hydrogen (secondary N) is 1. The van der Waals surface area contributed by atoms with Crippen molar-refractivity contribution in [2.45, 2.75) is 38.9 Å². The van der Waals surface area contributed by atoms with E-state index in [0.29, 0.717) is 11.7 Å². The SMILES string of the molecule is COc1cc(C(F)(F)F)ccc1[C@H](CCC(C)C)N1CCNCC1.Cl.Cl. The van der Waals surface area contributed by atoms with Crippen LogP contribution < -0.4 is 10.1 Å². The first-order valence-corrected chi connectivity index (χ1v) is 8.52. The van der Waals surface area contributed by atoms with Gasteiger partial charge in [0.25, 0.3) is 0 Å². The molecule has 1 saturated heterocycles. The van der Waals surface area contributed by atoms with Crippen LogP contribution in [0.3, 0.4) is 0 Å². The molecule has 1 heterocycles. The molecule has 1 fully saturated rings. The Morgan fingerprint density at radius 3 is 2.23 bits per heavy atom. The standard InChI is InChI=1S/C18H27F3N2O.2ClH/c1-13(2)4-7-16(23-10-8-22-9-11-23)15-6-5-14(18(19,20)21)12-17(15)24-3;;/h5-6,12-13,16,22H,4,7-11H2,1-3H3;2*1H/t16-;;/m0../s1. The molecule has 0 radical (unpaired) electrons. The van der Waals surface area contributed by atoms with Gasteiger partial charge in [-0.15, -0.1) is 24.8 Å². The number of benzene rings is 1. The number of ether oxygens (including phenoxy) is 1. The minimum absolute atomic E-state index is 0. The van der Waals surface area contributed by atoms with Crippen LogP contribution in [0.2, 0.25) is 0 Å². The fourth-order valence-corrected chi connectivity index (χ4v) is 3.18. The number of methoxy groups -OCH3 is 1. The largest absolute Gasteiger partial charge is 0.496 e. The van der Waals surface area contributed by atoms with E-state index in [4.69, 9.17) is 4.74 Å². The molecule has 1 aromatic rings. The molecule has 0 bridgehead atoms. The summed E-state index contributed by atoms with van der Waals surface area (Å²) in [5.41, 5.74) is 0.194. The van der Waals surface area contributed by atoms with Gasteiger partial charge in [-0.25, -0.2) is 0 Å². The summed E-state index contributed by atoms with van der Waals surface area (Å²) in [5.74, 6) is 0.882. The van der Waals surface area contributed by atoms with Crippen molar-refractivity contribution in [3.63, 3.8) is 0 Å². The van der Waals surface area contributed by atoms with E-state index >= 15 is 0 Å². The minimum Gasteiger partial charge on any atom is -0.496 e. The van der Waals surface area contributed by atoms with Crippen LogP contribution in [-0.4, -0.2) is 38.2 Å². The zero-order chi connectivity index (χ0) is 17.7. The summed E-state index contributed by atoms with van der Waals surface area (Å²) >= 11 is 0. The summed E-state index contributed by atoms with van der Waals surface area (Å²) in [5, 5.41) is 3.32. The van der Waals surface area contributed by atoms with Crippen LogP contribution in [0, 0.1) is 5.92 Å². The van der Waals surface area contributed by atoms with Gasteiger partial charge in [0.1, 0.15) is 5.75 Å². The van der Waals surface area contributed by atoms with Gasteiger partial charge in [-0.1, -0.05) is 19.9 Å². The van der Waals surface area contributed by atoms with Gasteiger partial charge in [0.05, 0.1) is 12.7 Å². The summed E-state index contributed by atoms with van der Waals surface area (Å²) in [4.78, 5) is 2.35. The second-order valence-electron chi connectivity index (χ2n) is 6.73. The second-order valence-corrected chi connectivity index (χ2v) is 6.73. The van der Waals surface area contributed by atoms with Crippen LogP contribution in [0.4, 0.5) is 13.2 Å². The number of nitrogens with zero attached hydrogens (tertiary/aromatic N) is 1. The first-order chi connectivity index (χ1) is 11.3. The normalized spacial score (nSPS) is 16.6. The third-order valence-corrected chi connectivity index (χ3v) is 4.53. The maximum absolute atomic E-state index is 13.0. The van der Waals surface area contributed by atoms with E-state index in [1.54, 1.807) is 6.07 Å². The van der Waals surface area contributed by atoms with Crippen LogP contribution in [0.15, 0.2) is 18.2 Å². The molecule has 1 N–H and O–H groups in total. The average Bonchev–Trinajstić information content (AvgIpc) is 2.55. The average molecular weight is 417 g/mol. The molecule has 0 saturated carbocycles. The quantitative estimate of drug-likeness (QED) is 0.710. The number of halogens is 5. The van der Waals surface area contributed by atoms with Gasteiger partial charge in [-0.2, -0.15) is 13.2 Å². The first kappa shape index (κ1) is 25.3. The zero-order valence-electron chi connectivity index (χ0n) is 15.4. The molecular weight excluding hydrogens is 388 g/mol. The maximum Gasteiger partial charge on any atom is 0.416 e.